The smallest absolute Gasteiger partial charge is 0.237 e. The molecule has 3 nitrogen and oxygen atoms in total. The van der Waals surface area contributed by atoms with Crippen molar-refractivity contribution in [2.75, 3.05) is 0 Å². The molecule has 58 valence electrons. The Morgan fingerprint density at radius 2 is 1.70 bits per heavy atom. The average Bonchev–Trinajstić information content (AvgIpc) is 1.84. The van der Waals surface area contributed by atoms with Crippen molar-refractivity contribution in [2.45, 2.75) is 17.7 Å². The van der Waals surface area contributed by atoms with Crippen molar-refractivity contribution in [1.82, 2.24) is 0 Å². The minimum Gasteiger partial charge on any atom is -0.368 e. The van der Waals surface area contributed by atoms with Gasteiger partial charge in [0, 0.05) is 0 Å². The van der Waals surface area contributed by atoms with Gasteiger partial charge >= 0.3 is 0 Å². The van der Waals surface area contributed by atoms with Crippen LogP contribution in [0.25, 0.3) is 0 Å². The Balaban J connectivity index is 4.07. The normalized spacial score (nSPS) is 15.9. The van der Waals surface area contributed by atoms with Crippen LogP contribution in [-0.4, -0.2) is 22.4 Å². The summed E-state index contributed by atoms with van der Waals surface area (Å²) in [5, 5.41) is -2.13. The predicted molar refractivity (Wildman–Crippen MR) is 39.2 cm³/mol. The maximum atomic E-state index is 10.5. The zero-order valence-electron chi connectivity index (χ0n) is 5.30. The van der Waals surface area contributed by atoms with E-state index in [-0.39, 0.29) is 5.78 Å². The zero-order valence-corrected chi connectivity index (χ0v) is 6.82. The van der Waals surface area contributed by atoms with Crippen molar-refractivity contribution < 1.29 is 9.59 Å². The first kappa shape index (κ1) is 9.72. The Morgan fingerprint density at radius 3 is 1.80 bits per heavy atom. The number of nitrogens with two attached hydrogens (primary N) is 1. The van der Waals surface area contributed by atoms with Crippen LogP contribution < -0.4 is 5.73 Å². The predicted octanol–water partition coefficient (Wildman–Crippen LogP) is 0.275. The number of primary amides is 1. The molecule has 0 rings (SSSR count). The molecule has 0 aromatic carbocycles. The van der Waals surface area contributed by atoms with Crippen LogP contribution in [-0.2, 0) is 9.59 Å². The average molecular weight is 184 g/mol. The van der Waals surface area contributed by atoms with E-state index in [9.17, 15) is 9.59 Å². The third kappa shape index (κ3) is 2.54. The molecule has 2 atom stereocenters. The Labute approximate surface area is 68.5 Å². The quantitative estimate of drug-likeness (QED) is 0.640. The molecule has 0 spiro atoms. The lowest BCUT2D eigenvalue weighted by Gasteiger charge is -2.07. The minimum atomic E-state index is -1.11. The van der Waals surface area contributed by atoms with E-state index in [1.54, 1.807) is 0 Å². The van der Waals surface area contributed by atoms with Gasteiger partial charge in [0.25, 0.3) is 0 Å². The maximum absolute atomic E-state index is 10.5. The second-order valence-electron chi connectivity index (χ2n) is 1.82. The van der Waals surface area contributed by atoms with E-state index in [1.807, 2.05) is 0 Å². The standard InChI is InChI=1S/C5H7Cl2NO2/c1-2(9)3(6)4(7)5(8)10/h3-4H,1H3,(H2,8,10). The summed E-state index contributed by atoms with van der Waals surface area (Å²) >= 11 is 10.7. The molecule has 5 heteroatoms. The molecule has 0 aromatic rings. The van der Waals surface area contributed by atoms with E-state index < -0.39 is 16.7 Å². The zero-order chi connectivity index (χ0) is 8.31. The molecular formula is C5H7Cl2NO2. The van der Waals surface area contributed by atoms with Crippen LogP contribution in [0, 0.1) is 0 Å². The van der Waals surface area contributed by atoms with Gasteiger partial charge in [0.1, 0.15) is 16.5 Å². The molecule has 10 heavy (non-hydrogen) atoms. The summed E-state index contributed by atoms with van der Waals surface area (Å²) in [6, 6.07) is 0. The summed E-state index contributed by atoms with van der Waals surface area (Å²) in [7, 11) is 0. The number of carbonyl (C=O) groups excluding carboxylic acids is 2. The number of halogens is 2. The SMILES string of the molecule is CC(=O)C(Cl)C(Cl)C(N)=O. The first-order valence-corrected chi connectivity index (χ1v) is 3.42. The first-order chi connectivity index (χ1) is 4.46. The third-order valence-corrected chi connectivity index (χ3v) is 2.07. The lowest BCUT2D eigenvalue weighted by atomic mass is 10.2. The summed E-state index contributed by atoms with van der Waals surface area (Å²) in [6.07, 6.45) is 0. The molecule has 0 aromatic heterocycles. The lowest BCUT2D eigenvalue weighted by Crippen LogP contribution is -2.35. The number of amides is 1. The molecule has 0 saturated carbocycles. The number of ketones is 1. The van der Waals surface area contributed by atoms with E-state index in [1.165, 1.54) is 6.92 Å². The van der Waals surface area contributed by atoms with Crippen LogP contribution in [0.2, 0.25) is 0 Å². The number of hydrogen-bond donors (Lipinski definition) is 1. The van der Waals surface area contributed by atoms with E-state index in [4.69, 9.17) is 28.9 Å². The molecule has 2 unspecified atom stereocenters. The summed E-state index contributed by atoms with van der Waals surface area (Å²) < 4.78 is 0. The van der Waals surface area contributed by atoms with Gasteiger partial charge in [-0.05, 0) is 6.92 Å². The van der Waals surface area contributed by atoms with Gasteiger partial charge in [0.15, 0.2) is 0 Å². The summed E-state index contributed by atoms with van der Waals surface area (Å²) in [5.74, 6) is -1.14. The van der Waals surface area contributed by atoms with Gasteiger partial charge < -0.3 is 5.73 Å². The van der Waals surface area contributed by atoms with Crippen molar-refractivity contribution >= 4 is 34.9 Å². The second kappa shape index (κ2) is 3.78. The summed E-state index contributed by atoms with van der Waals surface area (Å²) in [5.41, 5.74) is 4.77. The van der Waals surface area contributed by atoms with Gasteiger partial charge in [-0.3, -0.25) is 9.59 Å². The van der Waals surface area contributed by atoms with Crippen LogP contribution in [0.4, 0.5) is 0 Å². The van der Waals surface area contributed by atoms with Crippen molar-refractivity contribution in [2.24, 2.45) is 5.73 Å². The monoisotopic (exact) mass is 183 g/mol. The molecule has 0 aliphatic heterocycles. The Bertz CT molecular complexity index is 142. The molecular weight excluding hydrogens is 177 g/mol. The topological polar surface area (TPSA) is 60.2 Å². The maximum Gasteiger partial charge on any atom is 0.237 e. The van der Waals surface area contributed by atoms with Crippen molar-refractivity contribution in [3.63, 3.8) is 0 Å². The largest absolute Gasteiger partial charge is 0.368 e. The summed E-state index contributed by atoms with van der Waals surface area (Å²) in [4.78, 5) is 20.8. The fraction of sp³-hybridized carbons (Fsp3) is 0.600. The Morgan fingerprint density at radius 1 is 1.30 bits per heavy atom. The number of alkyl halides is 2. The van der Waals surface area contributed by atoms with Crippen molar-refractivity contribution in [3.8, 4) is 0 Å². The Kier molecular flexibility index (Phi) is 3.68. The number of Topliss-reactive ketones (excluding diaryl/α,β-unsaturated/α-hetero) is 1. The van der Waals surface area contributed by atoms with Crippen LogP contribution in [0.1, 0.15) is 6.92 Å². The van der Waals surface area contributed by atoms with Crippen LogP contribution in [0.5, 0.6) is 0 Å². The molecule has 1 amide bonds. The molecule has 0 bridgehead atoms. The highest BCUT2D eigenvalue weighted by Crippen LogP contribution is 2.09. The highest BCUT2D eigenvalue weighted by Gasteiger charge is 2.25. The van der Waals surface area contributed by atoms with Gasteiger partial charge in [0.2, 0.25) is 5.91 Å². The van der Waals surface area contributed by atoms with E-state index in [0.29, 0.717) is 0 Å². The molecule has 0 aliphatic rings. The molecule has 0 saturated heterocycles. The molecule has 0 fully saturated rings. The molecule has 0 heterocycles. The van der Waals surface area contributed by atoms with Gasteiger partial charge in [-0.25, -0.2) is 0 Å². The first-order valence-electron chi connectivity index (χ1n) is 2.54. The van der Waals surface area contributed by atoms with Gasteiger partial charge in [0.05, 0.1) is 0 Å². The highest BCUT2D eigenvalue weighted by atomic mass is 35.5. The van der Waals surface area contributed by atoms with Crippen molar-refractivity contribution in [1.29, 1.82) is 0 Å². The molecule has 2 N–H and O–H groups in total. The molecule has 0 radical (unpaired) electrons. The van der Waals surface area contributed by atoms with Gasteiger partial charge in [-0.2, -0.15) is 0 Å². The fourth-order valence-electron chi connectivity index (χ4n) is 0.350. The highest BCUT2D eigenvalue weighted by molar-refractivity contribution is 6.42. The van der Waals surface area contributed by atoms with Crippen molar-refractivity contribution in [3.05, 3.63) is 0 Å². The van der Waals surface area contributed by atoms with Gasteiger partial charge in [-0.15, -0.1) is 23.2 Å². The van der Waals surface area contributed by atoms with Crippen LogP contribution >= 0.6 is 23.2 Å². The lowest BCUT2D eigenvalue weighted by molar-refractivity contribution is -0.122. The van der Waals surface area contributed by atoms with E-state index in [2.05, 4.69) is 0 Å². The minimum absolute atomic E-state index is 0.361. The van der Waals surface area contributed by atoms with E-state index >= 15 is 0 Å². The summed E-state index contributed by atoms with van der Waals surface area (Å²) in [6.45, 7) is 1.25. The fourth-order valence-corrected chi connectivity index (χ4v) is 0.652. The van der Waals surface area contributed by atoms with Crippen LogP contribution in [0.15, 0.2) is 0 Å². The Hall–Kier alpha value is -0.280. The third-order valence-electron chi connectivity index (χ3n) is 0.917. The molecule has 0 aliphatic carbocycles. The number of hydrogen-bond acceptors (Lipinski definition) is 2. The van der Waals surface area contributed by atoms with E-state index in [0.717, 1.165) is 0 Å². The number of rotatable bonds is 3. The van der Waals surface area contributed by atoms with Gasteiger partial charge in [-0.1, -0.05) is 0 Å². The number of carbonyl (C=O) groups is 2. The second-order valence-corrected chi connectivity index (χ2v) is 2.76. The van der Waals surface area contributed by atoms with Crippen LogP contribution in [0.3, 0.4) is 0 Å².